The molecule has 0 radical (unpaired) electrons. The number of ether oxygens (including phenoxy) is 1. The fourth-order valence-corrected chi connectivity index (χ4v) is 3.73. The zero-order valence-corrected chi connectivity index (χ0v) is 17.5. The Labute approximate surface area is 180 Å². The lowest BCUT2D eigenvalue weighted by Gasteiger charge is -2.21. The lowest BCUT2D eigenvalue weighted by molar-refractivity contribution is 0.0600. The molecule has 31 heavy (non-hydrogen) atoms. The van der Waals surface area contributed by atoms with E-state index in [0.717, 1.165) is 50.3 Å². The molecule has 0 amide bonds. The Kier molecular flexibility index (Phi) is 6.69. The first-order chi connectivity index (χ1) is 15.1. The van der Waals surface area contributed by atoms with Crippen molar-refractivity contribution in [3.05, 3.63) is 71.4 Å². The fraction of sp³-hybridized carbons (Fsp3) is 0.348. The Morgan fingerprint density at radius 2 is 1.81 bits per heavy atom. The van der Waals surface area contributed by atoms with Gasteiger partial charge in [0.15, 0.2) is 0 Å². The van der Waals surface area contributed by atoms with E-state index in [4.69, 9.17) is 9.26 Å². The van der Waals surface area contributed by atoms with Gasteiger partial charge < -0.3 is 9.26 Å². The van der Waals surface area contributed by atoms with Crippen LogP contribution in [0, 0.1) is 5.82 Å². The highest BCUT2D eigenvalue weighted by Crippen LogP contribution is 2.18. The summed E-state index contributed by atoms with van der Waals surface area (Å²) in [7, 11) is 1.35. The van der Waals surface area contributed by atoms with Crippen LogP contribution < -0.4 is 0 Å². The van der Waals surface area contributed by atoms with Gasteiger partial charge in [0.25, 0.3) is 0 Å². The van der Waals surface area contributed by atoms with Crippen molar-refractivity contribution in [2.24, 2.45) is 0 Å². The number of carbonyl (C=O) groups is 1. The maximum atomic E-state index is 13.4. The minimum absolute atomic E-state index is 0.193. The Bertz CT molecular complexity index is 1020. The van der Waals surface area contributed by atoms with Crippen molar-refractivity contribution < 1.29 is 18.4 Å². The number of benzene rings is 2. The molecule has 1 aliphatic heterocycles. The normalized spacial score (nSPS) is 15.5. The molecule has 0 N–H and O–H groups in total. The van der Waals surface area contributed by atoms with Crippen LogP contribution in [0.25, 0.3) is 11.4 Å². The van der Waals surface area contributed by atoms with Gasteiger partial charge in [-0.1, -0.05) is 29.4 Å². The van der Waals surface area contributed by atoms with Gasteiger partial charge in [0.1, 0.15) is 5.82 Å². The van der Waals surface area contributed by atoms with Crippen molar-refractivity contribution in [1.82, 2.24) is 19.9 Å². The number of esters is 1. The molecule has 1 fully saturated rings. The monoisotopic (exact) mass is 424 g/mol. The number of halogens is 1. The molecule has 8 heteroatoms. The number of rotatable bonds is 6. The van der Waals surface area contributed by atoms with Crippen molar-refractivity contribution in [2.75, 3.05) is 33.3 Å². The van der Waals surface area contributed by atoms with E-state index in [9.17, 15) is 9.18 Å². The molecular weight excluding hydrogens is 399 g/mol. The molecule has 0 saturated carbocycles. The third kappa shape index (κ3) is 5.53. The molecule has 1 saturated heterocycles. The molecule has 2 heterocycles. The van der Waals surface area contributed by atoms with Gasteiger partial charge in [0.2, 0.25) is 11.7 Å². The SMILES string of the molecule is COC(=O)c1ccc(-c2noc(CN3CCCN(Cc4cccc(F)c4)CC3)n2)cc1. The van der Waals surface area contributed by atoms with Crippen molar-refractivity contribution in [3.8, 4) is 11.4 Å². The van der Waals surface area contributed by atoms with E-state index in [1.165, 1.54) is 13.2 Å². The van der Waals surface area contributed by atoms with Crippen LogP contribution in [0.15, 0.2) is 53.1 Å². The number of hydrogen-bond donors (Lipinski definition) is 0. The van der Waals surface area contributed by atoms with Crippen LogP contribution in [0.1, 0.15) is 28.2 Å². The summed E-state index contributed by atoms with van der Waals surface area (Å²) in [5.74, 6) is 0.480. The van der Waals surface area contributed by atoms with E-state index in [1.807, 2.05) is 6.07 Å². The van der Waals surface area contributed by atoms with Crippen LogP contribution in [-0.4, -0.2) is 59.2 Å². The van der Waals surface area contributed by atoms with E-state index in [1.54, 1.807) is 36.4 Å². The molecule has 0 atom stereocenters. The zero-order chi connectivity index (χ0) is 21.6. The van der Waals surface area contributed by atoms with Crippen LogP contribution >= 0.6 is 0 Å². The lowest BCUT2D eigenvalue weighted by atomic mass is 10.1. The van der Waals surface area contributed by atoms with Crippen LogP contribution in [-0.2, 0) is 17.8 Å². The highest BCUT2D eigenvalue weighted by Gasteiger charge is 2.18. The highest BCUT2D eigenvalue weighted by molar-refractivity contribution is 5.89. The van der Waals surface area contributed by atoms with Crippen molar-refractivity contribution in [3.63, 3.8) is 0 Å². The molecule has 3 aromatic rings. The number of carbonyl (C=O) groups excluding carboxylic acids is 1. The van der Waals surface area contributed by atoms with E-state index < -0.39 is 0 Å². The summed E-state index contributed by atoms with van der Waals surface area (Å²) in [6.45, 7) is 5.01. The first-order valence-corrected chi connectivity index (χ1v) is 10.3. The van der Waals surface area contributed by atoms with Crippen molar-refractivity contribution in [1.29, 1.82) is 0 Å². The molecule has 0 spiro atoms. The molecule has 162 valence electrons. The number of hydrogen-bond acceptors (Lipinski definition) is 7. The van der Waals surface area contributed by atoms with E-state index >= 15 is 0 Å². The van der Waals surface area contributed by atoms with Crippen molar-refractivity contribution >= 4 is 5.97 Å². The van der Waals surface area contributed by atoms with E-state index in [0.29, 0.717) is 23.8 Å². The molecule has 0 bridgehead atoms. The van der Waals surface area contributed by atoms with Gasteiger partial charge in [-0.3, -0.25) is 9.80 Å². The topological polar surface area (TPSA) is 71.7 Å². The molecule has 0 aliphatic carbocycles. The van der Waals surface area contributed by atoms with Gasteiger partial charge in [-0.25, -0.2) is 9.18 Å². The summed E-state index contributed by atoms with van der Waals surface area (Å²) in [4.78, 5) is 20.7. The quantitative estimate of drug-likeness (QED) is 0.562. The predicted molar refractivity (Wildman–Crippen MR) is 113 cm³/mol. The molecule has 7 nitrogen and oxygen atoms in total. The Balaban J connectivity index is 1.33. The average Bonchev–Trinajstić information content (AvgIpc) is 3.14. The summed E-state index contributed by atoms with van der Waals surface area (Å²) in [6.07, 6.45) is 1.02. The largest absolute Gasteiger partial charge is 0.465 e. The molecule has 4 rings (SSSR count). The van der Waals surface area contributed by atoms with Crippen LogP contribution in [0.4, 0.5) is 4.39 Å². The summed E-state index contributed by atoms with van der Waals surface area (Å²) >= 11 is 0. The third-order valence-corrected chi connectivity index (χ3v) is 5.37. The second-order valence-electron chi connectivity index (χ2n) is 7.62. The fourth-order valence-electron chi connectivity index (χ4n) is 3.73. The standard InChI is InChI=1S/C23H25FN4O3/c1-30-23(29)19-8-6-18(7-9-19)22-25-21(31-26-22)16-28-11-3-10-27(12-13-28)15-17-4-2-5-20(24)14-17/h2,4-9,14H,3,10-13,15-16H2,1H3. The summed E-state index contributed by atoms with van der Waals surface area (Å²) < 4.78 is 23.6. The average molecular weight is 424 g/mol. The van der Waals surface area contributed by atoms with E-state index in [-0.39, 0.29) is 11.8 Å². The molecule has 2 aromatic carbocycles. The minimum atomic E-state index is -0.382. The lowest BCUT2D eigenvalue weighted by Crippen LogP contribution is -2.30. The first kappa shape index (κ1) is 21.1. The Hall–Kier alpha value is -3.10. The Morgan fingerprint density at radius 3 is 2.52 bits per heavy atom. The molecular formula is C23H25FN4O3. The van der Waals surface area contributed by atoms with Crippen LogP contribution in [0.2, 0.25) is 0 Å². The number of nitrogens with zero attached hydrogens (tertiary/aromatic N) is 4. The summed E-state index contributed by atoms with van der Waals surface area (Å²) in [5, 5.41) is 4.07. The maximum Gasteiger partial charge on any atom is 0.337 e. The second kappa shape index (κ2) is 9.80. The minimum Gasteiger partial charge on any atom is -0.465 e. The van der Waals surface area contributed by atoms with Crippen LogP contribution in [0.5, 0.6) is 0 Å². The van der Waals surface area contributed by atoms with Crippen LogP contribution in [0.3, 0.4) is 0 Å². The third-order valence-electron chi connectivity index (χ3n) is 5.37. The predicted octanol–water partition coefficient (Wildman–Crippen LogP) is 3.37. The highest BCUT2D eigenvalue weighted by atomic mass is 19.1. The first-order valence-electron chi connectivity index (χ1n) is 10.3. The van der Waals surface area contributed by atoms with E-state index in [2.05, 4.69) is 19.9 Å². The van der Waals surface area contributed by atoms with Crippen molar-refractivity contribution in [2.45, 2.75) is 19.5 Å². The van der Waals surface area contributed by atoms with Gasteiger partial charge in [0.05, 0.1) is 19.2 Å². The second-order valence-corrected chi connectivity index (χ2v) is 7.62. The van der Waals surface area contributed by atoms with Gasteiger partial charge >= 0.3 is 5.97 Å². The smallest absolute Gasteiger partial charge is 0.337 e. The molecule has 0 unspecified atom stereocenters. The maximum absolute atomic E-state index is 13.4. The van der Waals surface area contributed by atoms with Gasteiger partial charge in [-0.05, 0) is 49.3 Å². The van der Waals surface area contributed by atoms with Gasteiger partial charge in [0, 0.05) is 25.2 Å². The van der Waals surface area contributed by atoms with Gasteiger partial charge in [-0.15, -0.1) is 0 Å². The number of aromatic nitrogens is 2. The molecule has 1 aromatic heterocycles. The summed E-state index contributed by atoms with van der Waals surface area (Å²) in [6, 6.07) is 13.7. The Morgan fingerprint density at radius 1 is 1.06 bits per heavy atom. The summed E-state index contributed by atoms with van der Waals surface area (Å²) in [5.41, 5.74) is 2.25. The number of methoxy groups -OCH3 is 1. The zero-order valence-electron chi connectivity index (χ0n) is 17.5. The van der Waals surface area contributed by atoms with Gasteiger partial charge in [-0.2, -0.15) is 4.98 Å². The molecule has 1 aliphatic rings.